The van der Waals surface area contributed by atoms with Crippen LogP contribution in [0.1, 0.15) is 11.1 Å². The normalized spacial score (nSPS) is 11.5. The molecular weight excluding hydrogens is 373 g/mol. The fraction of sp³-hybridized carbons (Fsp3) is 0.0769. The number of benzene rings is 4. The van der Waals surface area contributed by atoms with E-state index in [2.05, 4.69) is 28.9 Å². The van der Waals surface area contributed by atoms with Crippen molar-refractivity contribution in [2.75, 3.05) is 0 Å². The molecule has 4 aromatic carbocycles. The van der Waals surface area contributed by atoms with Gasteiger partial charge in [-0.3, -0.25) is 4.57 Å². The number of nitrogens with zero attached hydrogens (tertiary/aromatic N) is 1. The molecule has 144 valence electrons. The molecule has 0 aliphatic heterocycles. The van der Waals surface area contributed by atoms with E-state index in [4.69, 9.17) is 0 Å². The Bertz CT molecular complexity index is 982. The third-order valence-electron chi connectivity index (χ3n) is 5.03. The first kappa shape index (κ1) is 19.4. The molecule has 0 unspecified atom stereocenters. The van der Waals surface area contributed by atoms with E-state index in [0.717, 1.165) is 21.7 Å². The molecular formula is C26H24NOP. The second kappa shape index (κ2) is 9.05. The van der Waals surface area contributed by atoms with Crippen LogP contribution >= 0.6 is 7.29 Å². The minimum absolute atomic E-state index is 0.608. The van der Waals surface area contributed by atoms with E-state index in [1.807, 2.05) is 97.1 Å². The zero-order valence-electron chi connectivity index (χ0n) is 16.3. The van der Waals surface area contributed by atoms with E-state index in [1.165, 1.54) is 0 Å². The number of hydrogen-bond acceptors (Lipinski definition) is 1. The zero-order chi connectivity index (χ0) is 19.9. The Kier molecular flexibility index (Phi) is 6.05. The largest absolute Gasteiger partial charge is 0.296 e. The summed E-state index contributed by atoms with van der Waals surface area (Å²) in [5.41, 5.74) is 2.30. The van der Waals surface area contributed by atoms with E-state index in [0.29, 0.717) is 13.1 Å². The van der Waals surface area contributed by atoms with Crippen LogP contribution in [0.25, 0.3) is 0 Å². The SMILES string of the molecule is O=P(c1ccccc1)(c1ccccc1)N(Cc1ccccc1)Cc1ccccc1. The number of hydrogen-bond donors (Lipinski definition) is 0. The summed E-state index contributed by atoms with van der Waals surface area (Å²) in [7, 11) is -3.03. The maximum Gasteiger partial charge on any atom is 0.207 e. The highest BCUT2D eigenvalue weighted by Crippen LogP contribution is 2.49. The maximum absolute atomic E-state index is 14.9. The van der Waals surface area contributed by atoms with Crippen LogP contribution in [0.5, 0.6) is 0 Å². The van der Waals surface area contributed by atoms with Crippen LogP contribution in [0, 0.1) is 0 Å². The van der Waals surface area contributed by atoms with Gasteiger partial charge in [-0.15, -0.1) is 0 Å². The minimum Gasteiger partial charge on any atom is -0.296 e. The molecule has 0 spiro atoms. The summed E-state index contributed by atoms with van der Waals surface area (Å²) in [4.78, 5) is 0. The molecule has 0 aliphatic carbocycles. The molecule has 4 aromatic rings. The maximum atomic E-state index is 14.9. The van der Waals surface area contributed by atoms with Crippen LogP contribution in [-0.4, -0.2) is 4.67 Å². The molecule has 0 saturated heterocycles. The second-order valence-corrected chi connectivity index (χ2v) is 9.79. The van der Waals surface area contributed by atoms with Crippen LogP contribution in [0.4, 0.5) is 0 Å². The molecule has 0 fully saturated rings. The lowest BCUT2D eigenvalue weighted by Crippen LogP contribution is -2.31. The van der Waals surface area contributed by atoms with Gasteiger partial charge in [0.05, 0.1) is 0 Å². The van der Waals surface area contributed by atoms with E-state index in [-0.39, 0.29) is 0 Å². The van der Waals surface area contributed by atoms with Gasteiger partial charge in [0.15, 0.2) is 0 Å². The van der Waals surface area contributed by atoms with Crippen molar-refractivity contribution >= 4 is 17.9 Å². The fourth-order valence-electron chi connectivity index (χ4n) is 3.58. The first-order chi connectivity index (χ1) is 14.3. The van der Waals surface area contributed by atoms with E-state index in [9.17, 15) is 4.57 Å². The summed E-state index contributed by atoms with van der Waals surface area (Å²) in [6, 6.07) is 40.3. The van der Waals surface area contributed by atoms with E-state index in [1.54, 1.807) is 0 Å². The predicted molar refractivity (Wildman–Crippen MR) is 122 cm³/mol. The van der Waals surface area contributed by atoms with Gasteiger partial charge in [0.2, 0.25) is 7.29 Å². The van der Waals surface area contributed by atoms with Gasteiger partial charge < -0.3 is 0 Å². The van der Waals surface area contributed by atoms with Gasteiger partial charge in [-0.05, 0) is 35.4 Å². The Hall–Kier alpha value is -2.93. The molecule has 2 nitrogen and oxygen atoms in total. The lowest BCUT2D eigenvalue weighted by atomic mass is 10.2. The van der Waals surface area contributed by atoms with Gasteiger partial charge in [-0.1, -0.05) is 97.1 Å². The summed E-state index contributed by atoms with van der Waals surface area (Å²) in [6.45, 7) is 1.22. The van der Waals surface area contributed by atoms with Crippen molar-refractivity contribution in [1.82, 2.24) is 4.67 Å². The zero-order valence-corrected chi connectivity index (χ0v) is 17.2. The first-order valence-electron chi connectivity index (χ1n) is 9.81. The Balaban J connectivity index is 1.84. The predicted octanol–water partition coefficient (Wildman–Crippen LogP) is 5.62. The Morgan fingerprint density at radius 1 is 0.483 bits per heavy atom. The third-order valence-corrected chi connectivity index (χ3v) is 8.10. The molecule has 3 heteroatoms. The summed E-state index contributed by atoms with van der Waals surface area (Å²) in [5.74, 6) is 0. The molecule has 0 heterocycles. The van der Waals surface area contributed by atoms with Crippen LogP contribution in [0.2, 0.25) is 0 Å². The van der Waals surface area contributed by atoms with E-state index < -0.39 is 7.29 Å². The molecule has 0 N–H and O–H groups in total. The molecule has 0 aromatic heterocycles. The molecule has 0 amide bonds. The summed E-state index contributed by atoms with van der Waals surface area (Å²) >= 11 is 0. The molecule has 4 rings (SSSR count). The Labute approximate surface area is 172 Å². The Morgan fingerprint density at radius 2 is 0.793 bits per heavy atom. The monoisotopic (exact) mass is 397 g/mol. The molecule has 0 saturated carbocycles. The van der Waals surface area contributed by atoms with Crippen molar-refractivity contribution in [3.05, 3.63) is 132 Å². The first-order valence-corrected chi connectivity index (χ1v) is 11.5. The van der Waals surface area contributed by atoms with E-state index >= 15 is 0 Å². The number of rotatable bonds is 7. The summed E-state index contributed by atoms with van der Waals surface area (Å²) < 4.78 is 17.0. The fourth-order valence-corrected chi connectivity index (χ4v) is 6.41. The van der Waals surface area contributed by atoms with Crippen molar-refractivity contribution in [1.29, 1.82) is 0 Å². The third kappa shape index (κ3) is 4.40. The second-order valence-electron chi connectivity index (χ2n) is 7.04. The van der Waals surface area contributed by atoms with Crippen molar-refractivity contribution in [2.45, 2.75) is 13.1 Å². The van der Waals surface area contributed by atoms with Crippen LogP contribution in [-0.2, 0) is 17.7 Å². The lowest BCUT2D eigenvalue weighted by molar-refractivity contribution is 0.412. The molecule has 0 bridgehead atoms. The van der Waals surface area contributed by atoms with Gasteiger partial charge in [0.1, 0.15) is 0 Å². The van der Waals surface area contributed by atoms with Crippen molar-refractivity contribution < 1.29 is 4.57 Å². The minimum atomic E-state index is -3.03. The Morgan fingerprint density at radius 3 is 1.14 bits per heavy atom. The quantitative estimate of drug-likeness (QED) is 0.377. The molecule has 0 atom stereocenters. The smallest absolute Gasteiger partial charge is 0.207 e. The molecule has 0 aliphatic rings. The van der Waals surface area contributed by atoms with Crippen LogP contribution < -0.4 is 10.6 Å². The van der Waals surface area contributed by atoms with Gasteiger partial charge in [0.25, 0.3) is 0 Å². The standard InChI is InChI=1S/C26H24NOP/c28-29(25-17-9-3-10-18-25,26-19-11-4-12-20-26)27(21-23-13-5-1-6-14-23)22-24-15-7-2-8-16-24/h1-20H,21-22H2. The lowest BCUT2D eigenvalue weighted by Gasteiger charge is -2.33. The average molecular weight is 397 g/mol. The highest BCUT2D eigenvalue weighted by molar-refractivity contribution is 7.76. The highest BCUT2D eigenvalue weighted by Gasteiger charge is 2.34. The van der Waals surface area contributed by atoms with Crippen LogP contribution in [0.15, 0.2) is 121 Å². The summed E-state index contributed by atoms with van der Waals surface area (Å²) in [6.07, 6.45) is 0. The average Bonchev–Trinajstić information content (AvgIpc) is 2.81. The van der Waals surface area contributed by atoms with Gasteiger partial charge in [-0.25, -0.2) is 4.67 Å². The van der Waals surface area contributed by atoms with Crippen LogP contribution in [0.3, 0.4) is 0 Å². The van der Waals surface area contributed by atoms with Crippen molar-refractivity contribution in [3.63, 3.8) is 0 Å². The van der Waals surface area contributed by atoms with Crippen molar-refractivity contribution in [2.24, 2.45) is 0 Å². The highest BCUT2D eigenvalue weighted by atomic mass is 31.2. The summed E-state index contributed by atoms with van der Waals surface area (Å²) in [5, 5.41) is 1.72. The van der Waals surface area contributed by atoms with Gasteiger partial charge in [-0.2, -0.15) is 0 Å². The molecule has 29 heavy (non-hydrogen) atoms. The van der Waals surface area contributed by atoms with Gasteiger partial charge in [0, 0.05) is 23.7 Å². The topological polar surface area (TPSA) is 20.3 Å². The van der Waals surface area contributed by atoms with Gasteiger partial charge >= 0.3 is 0 Å². The van der Waals surface area contributed by atoms with Crippen molar-refractivity contribution in [3.8, 4) is 0 Å². The molecule has 0 radical (unpaired) electrons.